The van der Waals surface area contributed by atoms with Gasteiger partial charge in [0.05, 0.1) is 11.0 Å². The number of anilines is 3. The first-order chi connectivity index (χ1) is 24.8. The molecule has 0 amide bonds. The Balaban J connectivity index is 1.17. The fourth-order valence-electron chi connectivity index (χ4n) is 7.15. The van der Waals surface area contributed by atoms with Gasteiger partial charge in [0.25, 0.3) is 0 Å². The van der Waals surface area contributed by atoms with Crippen molar-refractivity contribution in [3.05, 3.63) is 206 Å². The molecule has 0 unspecified atom stereocenters. The smallest absolute Gasteiger partial charge is 0.0542 e. The lowest BCUT2D eigenvalue weighted by molar-refractivity contribution is 1.18. The highest BCUT2D eigenvalue weighted by Gasteiger charge is 2.18. The van der Waals surface area contributed by atoms with Crippen molar-refractivity contribution in [2.24, 2.45) is 0 Å². The second-order valence-corrected chi connectivity index (χ2v) is 12.6. The van der Waals surface area contributed by atoms with Crippen molar-refractivity contribution >= 4 is 38.9 Å². The molecular formula is C48H34N2. The van der Waals surface area contributed by atoms with Crippen LogP contribution in [-0.2, 0) is 0 Å². The highest BCUT2D eigenvalue weighted by molar-refractivity contribution is 6.10. The Morgan fingerprint density at radius 1 is 0.280 bits per heavy atom. The maximum atomic E-state index is 2.38. The minimum atomic E-state index is 1.10. The van der Waals surface area contributed by atoms with Crippen molar-refractivity contribution in [1.29, 1.82) is 0 Å². The van der Waals surface area contributed by atoms with Crippen LogP contribution in [0, 0.1) is 0 Å². The van der Waals surface area contributed by atoms with Crippen LogP contribution in [0.2, 0.25) is 0 Å². The highest BCUT2D eigenvalue weighted by Crippen LogP contribution is 2.41. The molecule has 0 bridgehead atoms. The van der Waals surface area contributed by atoms with Gasteiger partial charge in [0.2, 0.25) is 0 Å². The zero-order valence-corrected chi connectivity index (χ0v) is 27.5. The first kappa shape index (κ1) is 29.5. The Hall–Kier alpha value is -6.64. The summed E-state index contributed by atoms with van der Waals surface area (Å²) in [5.74, 6) is 0. The Kier molecular flexibility index (Phi) is 7.53. The largest absolute Gasteiger partial charge is 0.310 e. The van der Waals surface area contributed by atoms with Crippen LogP contribution in [0.4, 0.5) is 17.1 Å². The van der Waals surface area contributed by atoms with Crippen LogP contribution in [0.25, 0.3) is 60.9 Å². The van der Waals surface area contributed by atoms with Crippen LogP contribution in [0.3, 0.4) is 0 Å². The second kappa shape index (κ2) is 12.8. The summed E-state index contributed by atoms with van der Waals surface area (Å²) in [7, 11) is 0. The molecule has 0 spiro atoms. The van der Waals surface area contributed by atoms with Crippen LogP contribution in [0.1, 0.15) is 0 Å². The van der Waals surface area contributed by atoms with E-state index in [4.69, 9.17) is 0 Å². The van der Waals surface area contributed by atoms with Crippen LogP contribution >= 0.6 is 0 Å². The lowest BCUT2D eigenvalue weighted by atomic mass is 10.00. The summed E-state index contributed by atoms with van der Waals surface area (Å²) in [6.45, 7) is 0. The van der Waals surface area contributed by atoms with E-state index in [1.807, 2.05) is 0 Å². The summed E-state index contributed by atoms with van der Waals surface area (Å²) < 4.78 is 2.37. The summed E-state index contributed by atoms with van der Waals surface area (Å²) >= 11 is 0. The predicted octanol–water partition coefficient (Wildman–Crippen LogP) is 13.3. The molecule has 0 radical (unpaired) electrons. The van der Waals surface area contributed by atoms with E-state index < -0.39 is 0 Å². The van der Waals surface area contributed by atoms with E-state index in [1.54, 1.807) is 0 Å². The van der Waals surface area contributed by atoms with Gasteiger partial charge in [-0.2, -0.15) is 0 Å². The zero-order valence-electron chi connectivity index (χ0n) is 27.5. The standard InChI is InChI=1S/C48H34N2/c1-4-13-35(14-5-1)37-23-25-38(26-24-37)39-27-29-42(30-28-39)49(43-20-12-17-40(33-43)36-15-6-2-7-16-36)44-31-32-48-46(34-44)45-21-10-11-22-47(45)50(48)41-18-8-3-9-19-41/h1-34H. The van der Waals surface area contributed by atoms with Crippen molar-refractivity contribution in [2.45, 2.75) is 0 Å². The third-order valence-electron chi connectivity index (χ3n) is 9.59. The molecule has 1 heterocycles. The normalized spacial score (nSPS) is 11.2. The molecule has 0 aliphatic heterocycles. The second-order valence-electron chi connectivity index (χ2n) is 12.6. The Labute approximate surface area is 292 Å². The van der Waals surface area contributed by atoms with Gasteiger partial charge in [0.1, 0.15) is 0 Å². The molecule has 1 aromatic heterocycles. The number of benzene rings is 8. The number of rotatable bonds is 7. The number of hydrogen-bond acceptors (Lipinski definition) is 1. The van der Waals surface area contributed by atoms with Gasteiger partial charge in [0.15, 0.2) is 0 Å². The third kappa shape index (κ3) is 5.43. The van der Waals surface area contributed by atoms with Crippen LogP contribution in [-0.4, -0.2) is 4.57 Å². The molecule has 0 atom stereocenters. The molecular weight excluding hydrogens is 605 g/mol. The van der Waals surface area contributed by atoms with Gasteiger partial charge in [-0.25, -0.2) is 0 Å². The average molecular weight is 639 g/mol. The summed E-state index contributed by atoms with van der Waals surface area (Å²) in [6, 6.07) is 74.0. The van der Waals surface area contributed by atoms with Gasteiger partial charge < -0.3 is 9.47 Å². The average Bonchev–Trinajstić information content (AvgIpc) is 3.53. The number of para-hydroxylation sites is 2. The van der Waals surface area contributed by atoms with Gasteiger partial charge in [-0.3, -0.25) is 0 Å². The lowest BCUT2D eigenvalue weighted by Crippen LogP contribution is -2.10. The van der Waals surface area contributed by atoms with E-state index in [-0.39, 0.29) is 0 Å². The van der Waals surface area contributed by atoms with Gasteiger partial charge in [-0.1, -0.05) is 146 Å². The first-order valence-electron chi connectivity index (χ1n) is 17.1. The highest BCUT2D eigenvalue weighted by atomic mass is 15.1. The molecule has 50 heavy (non-hydrogen) atoms. The molecule has 9 rings (SSSR count). The van der Waals surface area contributed by atoms with Gasteiger partial charge in [-0.15, -0.1) is 0 Å². The van der Waals surface area contributed by atoms with Crippen molar-refractivity contribution in [3.8, 4) is 39.1 Å². The Bertz CT molecular complexity index is 2550. The predicted molar refractivity (Wildman–Crippen MR) is 212 cm³/mol. The van der Waals surface area contributed by atoms with Gasteiger partial charge >= 0.3 is 0 Å². The molecule has 0 aliphatic carbocycles. The van der Waals surface area contributed by atoms with E-state index in [2.05, 4.69) is 216 Å². The fourth-order valence-corrected chi connectivity index (χ4v) is 7.15. The van der Waals surface area contributed by atoms with E-state index in [0.717, 1.165) is 22.7 Å². The Morgan fingerprint density at radius 3 is 1.40 bits per heavy atom. The van der Waals surface area contributed by atoms with E-state index in [1.165, 1.54) is 55.2 Å². The number of aromatic nitrogens is 1. The number of nitrogens with zero attached hydrogens (tertiary/aromatic N) is 2. The van der Waals surface area contributed by atoms with Crippen LogP contribution in [0.5, 0.6) is 0 Å². The van der Waals surface area contributed by atoms with Crippen molar-refractivity contribution in [1.82, 2.24) is 4.57 Å². The molecule has 9 aromatic rings. The maximum Gasteiger partial charge on any atom is 0.0542 e. The summed E-state index contributed by atoms with van der Waals surface area (Å²) in [4.78, 5) is 2.38. The fraction of sp³-hybridized carbons (Fsp3) is 0. The van der Waals surface area contributed by atoms with Crippen LogP contribution < -0.4 is 4.90 Å². The van der Waals surface area contributed by atoms with E-state index in [9.17, 15) is 0 Å². The van der Waals surface area contributed by atoms with E-state index >= 15 is 0 Å². The maximum absolute atomic E-state index is 2.38. The molecule has 0 fully saturated rings. The van der Waals surface area contributed by atoms with Crippen molar-refractivity contribution in [2.75, 3.05) is 4.90 Å². The molecule has 2 nitrogen and oxygen atoms in total. The summed E-state index contributed by atoms with van der Waals surface area (Å²) in [5, 5.41) is 2.46. The zero-order chi connectivity index (χ0) is 33.3. The van der Waals surface area contributed by atoms with Crippen LogP contribution in [0.15, 0.2) is 206 Å². The minimum Gasteiger partial charge on any atom is -0.310 e. The topological polar surface area (TPSA) is 8.17 Å². The van der Waals surface area contributed by atoms with Gasteiger partial charge in [0, 0.05) is 33.5 Å². The summed E-state index contributed by atoms with van der Waals surface area (Å²) in [6.07, 6.45) is 0. The molecule has 236 valence electrons. The number of hydrogen-bond donors (Lipinski definition) is 0. The molecule has 0 saturated heterocycles. The van der Waals surface area contributed by atoms with Crippen molar-refractivity contribution < 1.29 is 0 Å². The molecule has 0 aliphatic rings. The lowest BCUT2D eigenvalue weighted by Gasteiger charge is -2.26. The van der Waals surface area contributed by atoms with E-state index in [0.29, 0.717) is 0 Å². The minimum absolute atomic E-state index is 1.10. The monoisotopic (exact) mass is 638 g/mol. The quantitative estimate of drug-likeness (QED) is 0.169. The molecule has 0 N–H and O–H groups in total. The molecule has 8 aromatic carbocycles. The SMILES string of the molecule is c1ccc(-c2ccc(-c3ccc(N(c4cccc(-c5ccccc5)c4)c4ccc5c(c4)c4ccccc4n5-c4ccccc4)cc3)cc2)cc1. The number of fused-ring (bicyclic) bond motifs is 3. The summed E-state index contributed by atoms with van der Waals surface area (Å²) in [5.41, 5.74) is 14.1. The Morgan fingerprint density at radius 2 is 0.740 bits per heavy atom. The van der Waals surface area contributed by atoms with Crippen molar-refractivity contribution in [3.63, 3.8) is 0 Å². The molecule has 2 heteroatoms. The molecule has 0 saturated carbocycles. The third-order valence-corrected chi connectivity index (χ3v) is 9.59. The first-order valence-corrected chi connectivity index (χ1v) is 17.1. The van der Waals surface area contributed by atoms with Gasteiger partial charge in [-0.05, 0) is 94.0 Å².